The van der Waals surface area contributed by atoms with E-state index < -0.39 is 0 Å². The lowest BCUT2D eigenvalue weighted by Gasteiger charge is -2.09. The average Bonchev–Trinajstić information content (AvgIpc) is 2.12. The summed E-state index contributed by atoms with van der Waals surface area (Å²) in [6.07, 6.45) is 0. The summed E-state index contributed by atoms with van der Waals surface area (Å²) in [5.74, 6) is 0.793. The van der Waals surface area contributed by atoms with E-state index in [1.165, 1.54) is 0 Å². The van der Waals surface area contributed by atoms with Crippen LogP contribution in [0.25, 0.3) is 0 Å². The molecule has 0 bridgehead atoms. The van der Waals surface area contributed by atoms with Crippen LogP contribution in [0, 0.1) is 5.92 Å². The maximum absolute atomic E-state index is 9.59. The van der Waals surface area contributed by atoms with Crippen molar-refractivity contribution in [2.75, 3.05) is 6.54 Å². The van der Waals surface area contributed by atoms with E-state index in [2.05, 4.69) is 19.2 Å². The summed E-state index contributed by atoms with van der Waals surface area (Å²) in [6.45, 7) is 5.88. The lowest BCUT2D eigenvalue weighted by molar-refractivity contribution is 0.461. The van der Waals surface area contributed by atoms with Crippen LogP contribution in [0.5, 0.6) is 5.75 Å². The topological polar surface area (TPSA) is 32.3 Å². The van der Waals surface area contributed by atoms with Gasteiger partial charge in [-0.2, -0.15) is 0 Å². The van der Waals surface area contributed by atoms with Crippen molar-refractivity contribution >= 4 is 11.6 Å². The number of phenols is 1. The van der Waals surface area contributed by atoms with Crippen molar-refractivity contribution in [1.29, 1.82) is 0 Å². The van der Waals surface area contributed by atoms with Crippen molar-refractivity contribution in [3.8, 4) is 5.75 Å². The predicted octanol–water partition coefficient (Wildman–Crippen LogP) is 2.79. The SMILES string of the molecule is CC(C)CNCc1cccc(Cl)c1O. The molecule has 1 aromatic carbocycles. The molecular weight excluding hydrogens is 198 g/mol. The zero-order valence-electron chi connectivity index (χ0n) is 8.55. The summed E-state index contributed by atoms with van der Waals surface area (Å²) >= 11 is 5.78. The van der Waals surface area contributed by atoms with Gasteiger partial charge in [-0.3, -0.25) is 0 Å². The standard InChI is InChI=1S/C11H16ClNO/c1-8(2)6-13-7-9-4-3-5-10(12)11(9)14/h3-5,8,13-14H,6-7H2,1-2H3. The highest BCUT2D eigenvalue weighted by Gasteiger charge is 2.04. The van der Waals surface area contributed by atoms with Crippen molar-refractivity contribution in [3.05, 3.63) is 28.8 Å². The van der Waals surface area contributed by atoms with Crippen molar-refractivity contribution in [1.82, 2.24) is 5.32 Å². The molecule has 1 aromatic rings. The molecule has 78 valence electrons. The summed E-state index contributed by atoms with van der Waals surface area (Å²) in [7, 11) is 0. The second-order valence-corrected chi connectivity index (χ2v) is 4.18. The zero-order valence-corrected chi connectivity index (χ0v) is 9.30. The molecule has 0 unspecified atom stereocenters. The summed E-state index contributed by atoms with van der Waals surface area (Å²) < 4.78 is 0. The molecule has 0 fully saturated rings. The molecule has 0 atom stereocenters. The number of rotatable bonds is 4. The highest BCUT2D eigenvalue weighted by atomic mass is 35.5. The first-order chi connectivity index (χ1) is 6.61. The number of phenolic OH excluding ortho intramolecular Hbond substituents is 1. The Morgan fingerprint density at radius 2 is 2.14 bits per heavy atom. The Labute approximate surface area is 89.9 Å². The third-order valence-corrected chi connectivity index (χ3v) is 2.24. The van der Waals surface area contributed by atoms with Gasteiger partial charge in [0.05, 0.1) is 5.02 Å². The number of aromatic hydroxyl groups is 1. The monoisotopic (exact) mass is 213 g/mol. The van der Waals surface area contributed by atoms with E-state index in [1.807, 2.05) is 12.1 Å². The van der Waals surface area contributed by atoms with Gasteiger partial charge in [-0.25, -0.2) is 0 Å². The van der Waals surface area contributed by atoms with Crippen LogP contribution in [0.2, 0.25) is 5.02 Å². The summed E-state index contributed by atoms with van der Waals surface area (Å²) in [5.41, 5.74) is 0.846. The smallest absolute Gasteiger partial charge is 0.138 e. The molecule has 0 amide bonds. The molecule has 0 aliphatic rings. The van der Waals surface area contributed by atoms with Crippen molar-refractivity contribution in [3.63, 3.8) is 0 Å². The summed E-state index contributed by atoms with van der Waals surface area (Å²) in [6, 6.07) is 5.39. The van der Waals surface area contributed by atoms with Crippen LogP contribution in [0.1, 0.15) is 19.4 Å². The Hall–Kier alpha value is -0.730. The van der Waals surface area contributed by atoms with Gasteiger partial charge in [0.2, 0.25) is 0 Å². The molecule has 0 aliphatic heterocycles. The first-order valence-corrected chi connectivity index (χ1v) is 5.16. The van der Waals surface area contributed by atoms with Gasteiger partial charge in [0.25, 0.3) is 0 Å². The highest BCUT2D eigenvalue weighted by Crippen LogP contribution is 2.26. The molecule has 1 rings (SSSR count). The summed E-state index contributed by atoms with van der Waals surface area (Å²) in [4.78, 5) is 0. The van der Waals surface area contributed by atoms with E-state index >= 15 is 0 Å². The van der Waals surface area contributed by atoms with Gasteiger partial charge in [0.1, 0.15) is 5.75 Å². The molecule has 0 heterocycles. The van der Waals surface area contributed by atoms with Gasteiger partial charge in [0.15, 0.2) is 0 Å². The number of hydrogen-bond donors (Lipinski definition) is 2. The Balaban J connectivity index is 2.54. The third kappa shape index (κ3) is 3.20. The first-order valence-electron chi connectivity index (χ1n) is 4.78. The van der Waals surface area contributed by atoms with Crippen LogP contribution < -0.4 is 5.32 Å². The van der Waals surface area contributed by atoms with Crippen LogP contribution in [-0.4, -0.2) is 11.7 Å². The van der Waals surface area contributed by atoms with E-state index in [0.717, 1.165) is 12.1 Å². The molecule has 0 aliphatic carbocycles. The lowest BCUT2D eigenvalue weighted by atomic mass is 10.2. The minimum Gasteiger partial charge on any atom is -0.506 e. The lowest BCUT2D eigenvalue weighted by Crippen LogP contribution is -2.18. The van der Waals surface area contributed by atoms with Gasteiger partial charge in [-0.05, 0) is 18.5 Å². The van der Waals surface area contributed by atoms with Crippen LogP contribution in [0.3, 0.4) is 0 Å². The normalized spacial score (nSPS) is 10.9. The molecule has 2 N–H and O–H groups in total. The minimum atomic E-state index is 0.186. The Kier molecular flexibility index (Phi) is 4.23. The Morgan fingerprint density at radius 1 is 1.43 bits per heavy atom. The van der Waals surface area contributed by atoms with Crippen LogP contribution >= 0.6 is 11.6 Å². The molecule has 0 saturated carbocycles. The predicted molar refractivity (Wildman–Crippen MR) is 59.7 cm³/mol. The van der Waals surface area contributed by atoms with Crippen LogP contribution in [0.15, 0.2) is 18.2 Å². The highest BCUT2D eigenvalue weighted by molar-refractivity contribution is 6.32. The van der Waals surface area contributed by atoms with Gasteiger partial charge < -0.3 is 10.4 Å². The van der Waals surface area contributed by atoms with Crippen LogP contribution in [0.4, 0.5) is 0 Å². The Bertz CT molecular complexity index is 299. The number of hydrogen-bond acceptors (Lipinski definition) is 2. The molecule has 2 nitrogen and oxygen atoms in total. The minimum absolute atomic E-state index is 0.186. The summed E-state index contributed by atoms with van der Waals surface area (Å²) in [5, 5.41) is 13.3. The van der Waals surface area contributed by atoms with Gasteiger partial charge in [-0.1, -0.05) is 37.6 Å². The van der Waals surface area contributed by atoms with Crippen molar-refractivity contribution in [2.45, 2.75) is 20.4 Å². The number of halogens is 1. The molecule has 0 spiro atoms. The number of nitrogens with one attached hydrogen (secondary N) is 1. The fraction of sp³-hybridized carbons (Fsp3) is 0.455. The van der Waals surface area contributed by atoms with E-state index in [0.29, 0.717) is 17.5 Å². The fourth-order valence-electron chi connectivity index (χ4n) is 1.20. The van der Waals surface area contributed by atoms with E-state index in [9.17, 15) is 5.11 Å². The van der Waals surface area contributed by atoms with Crippen molar-refractivity contribution < 1.29 is 5.11 Å². The second-order valence-electron chi connectivity index (χ2n) is 3.77. The largest absolute Gasteiger partial charge is 0.506 e. The quantitative estimate of drug-likeness (QED) is 0.806. The molecular formula is C11H16ClNO. The third-order valence-electron chi connectivity index (χ3n) is 1.94. The van der Waals surface area contributed by atoms with Gasteiger partial charge in [-0.15, -0.1) is 0 Å². The van der Waals surface area contributed by atoms with Gasteiger partial charge >= 0.3 is 0 Å². The van der Waals surface area contributed by atoms with E-state index in [-0.39, 0.29) is 5.75 Å². The molecule has 14 heavy (non-hydrogen) atoms. The molecule has 0 aromatic heterocycles. The Morgan fingerprint density at radius 3 is 2.79 bits per heavy atom. The number of para-hydroxylation sites is 1. The van der Waals surface area contributed by atoms with E-state index in [1.54, 1.807) is 6.07 Å². The maximum atomic E-state index is 9.59. The molecule has 0 radical (unpaired) electrons. The average molecular weight is 214 g/mol. The second kappa shape index (κ2) is 5.23. The van der Waals surface area contributed by atoms with Crippen LogP contribution in [-0.2, 0) is 6.54 Å². The molecule has 3 heteroatoms. The molecule has 0 saturated heterocycles. The fourth-order valence-corrected chi connectivity index (χ4v) is 1.39. The van der Waals surface area contributed by atoms with E-state index in [4.69, 9.17) is 11.6 Å². The van der Waals surface area contributed by atoms with Crippen molar-refractivity contribution in [2.24, 2.45) is 5.92 Å². The zero-order chi connectivity index (χ0) is 10.6. The number of benzene rings is 1. The maximum Gasteiger partial charge on any atom is 0.138 e. The van der Waals surface area contributed by atoms with Gasteiger partial charge in [0, 0.05) is 12.1 Å². The first kappa shape index (κ1) is 11.3.